The van der Waals surface area contributed by atoms with Crippen molar-refractivity contribution in [3.8, 4) is 5.75 Å². The molecule has 9 heteroatoms. The highest BCUT2D eigenvalue weighted by atomic mass is 32.2. The van der Waals surface area contributed by atoms with Crippen molar-refractivity contribution in [2.75, 3.05) is 30.0 Å². The topological polar surface area (TPSA) is 84.5 Å². The van der Waals surface area contributed by atoms with Crippen LogP contribution in [0.5, 0.6) is 5.75 Å². The number of rotatable bonds is 12. The van der Waals surface area contributed by atoms with Crippen molar-refractivity contribution in [2.24, 2.45) is 0 Å². The van der Waals surface area contributed by atoms with Crippen LogP contribution in [-0.4, -0.2) is 33.7 Å². The third-order valence-corrected chi connectivity index (χ3v) is 9.71. The molecule has 0 atom stereocenters. The van der Waals surface area contributed by atoms with Gasteiger partial charge in [0.2, 0.25) is 15.7 Å². The molecule has 0 spiro atoms. The molecule has 4 aromatic carbocycles. The van der Waals surface area contributed by atoms with Crippen LogP contribution in [0.3, 0.4) is 0 Å². The van der Waals surface area contributed by atoms with Crippen LogP contribution in [0.1, 0.15) is 18.1 Å². The summed E-state index contributed by atoms with van der Waals surface area (Å²) in [6, 6.07) is 27.7. The largest absolute Gasteiger partial charge is 0.494 e. The molecule has 2 N–H and O–H groups in total. The lowest BCUT2D eigenvalue weighted by Gasteiger charge is -2.15. The van der Waals surface area contributed by atoms with Crippen LogP contribution in [-0.2, 0) is 20.4 Å². The molecule has 0 aliphatic heterocycles. The molecule has 208 valence electrons. The Balaban J connectivity index is 1.45. The van der Waals surface area contributed by atoms with E-state index in [1.807, 2.05) is 50.4 Å². The van der Waals surface area contributed by atoms with Gasteiger partial charge in [-0.25, -0.2) is 8.42 Å². The first-order valence-corrected chi connectivity index (χ1v) is 16.5. The number of ether oxygens (including phenoxy) is 1. The van der Waals surface area contributed by atoms with E-state index in [0.717, 1.165) is 21.8 Å². The molecule has 40 heavy (non-hydrogen) atoms. The summed E-state index contributed by atoms with van der Waals surface area (Å²) >= 11 is 3.30. The monoisotopic (exact) mass is 592 g/mol. The minimum Gasteiger partial charge on any atom is -0.494 e. The van der Waals surface area contributed by atoms with Crippen molar-refractivity contribution in [3.63, 3.8) is 0 Å². The number of hydrogen-bond acceptors (Lipinski definition) is 7. The molecular weight excluding hydrogens is 561 g/mol. The summed E-state index contributed by atoms with van der Waals surface area (Å²) in [5, 5.41) is 5.95. The third-order valence-electron chi connectivity index (χ3n) is 6.08. The molecular formula is C31H32N2O4S3. The van der Waals surface area contributed by atoms with E-state index in [1.165, 1.54) is 22.7 Å². The first-order chi connectivity index (χ1) is 19.3. The van der Waals surface area contributed by atoms with Crippen LogP contribution in [0.15, 0.2) is 111 Å². The summed E-state index contributed by atoms with van der Waals surface area (Å²) in [4.78, 5) is 15.3. The number of aryl methyl sites for hydroxylation is 1. The Morgan fingerprint density at radius 1 is 0.875 bits per heavy atom. The van der Waals surface area contributed by atoms with Gasteiger partial charge in [0.1, 0.15) is 5.75 Å². The van der Waals surface area contributed by atoms with Crippen LogP contribution in [0.2, 0.25) is 0 Å². The van der Waals surface area contributed by atoms with Crippen LogP contribution >= 0.6 is 23.5 Å². The van der Waals surface area contributed by atoms with Gasteiger partial charge >= 0.3 is 0 Å². The number of carbonyl (C=O) groups excluding carboxylic acids is 1. The maximum atomic E-state index is 13.6. The molecule has 0 aliphatic carbocycles. The minimum absolute atomic E-state index is 0.0552. The summed E-state index contributed by atoms with van der Waals surface area (Å²) in [7, 11) is -3.86. The van der Waals surface area contributed by atoms with Crippen molar-refractivity contribution in [1.82, 2.24) is 0 Å². The van der Waals surface area contributed by atoms with Gasteiger partial charge in [-0.2, -0.15) is 0 Å². The molecule has 4 rings (SSSR count). The number of hydrogen-bond donors (Lipinski definition) is 2. The molecule has 0 heterocycles. The van der Waals surface area contributed by atoms with E-state index in [-0.39, 0.29) is 22.2 Å². The third kappa shape index (κ3) is 7.62. The fraction of sp³-hybridized carbons (Fsp3) is 0.194. The zero-order valence-electron chi connectivity index (χ0n) is 22.6. The number of thioether (sulfide) groups is 2. The number of nitrogens with one attached hydrogen (secondary N) is 2. The Labute approximate surface area is 244 Å². The highest BCUT2D eigenvalue weighted by molar-refractivity contribution is 7.98. The summed E-state index contributed by atoms with van der Waals surface area (Å²) in [5.41, 5.74) is 3.17. The molecule has 6 nitrogen and oxygen atoms in total. The van der Waals surface area contributed by atoms with E-state index in [1.54, 1.807) is 48.2 Å². The molecule has 0 unspecified atom stereocenters. The number of sulfone groups is 1. The Hall–Kier alpha value is -3.40. The van der Waals surface area contributed by atoms with Gasteiger partial charge < -0.3 is 15.4 Å². The number of amides is 1. The molecule has 0 fully saturated rings. The van der Waals surface area contributed by atoms with E-state index < -0.39 is 9.84 Å². The van der Waals surface area contributed by atoms with Crippen molar-refractivity contribution < 1.29 is 17.9 Å². The maximum Gasteiger partial charge on any atom is 0.243 e. The van der Waals surface area contributed by atoms with Gasteiger partial charge in [0, 0.05) is 27.3 Å². The van der Waals surface area contributed by atoms with E-state index in [4.69, 9.17) is 4.74 Å². The van der Waals surface area contributed by atoms with Gasteiger partial charge in [-0.3, -0.25) is 4.79 Å². The van der Waals surface area contributed by atoms with E-state index in [2.05, 4.69) is 28.8 Å². The molecule has 0 saturated carbocycles. The van der Waals surface area contributed by atoms with Crippen LogP contribution in [0, 0.1) is 6.92 Å². The highest BCUT2D eigenvalue weighted by Gasteiger charge is 2.23. The van der Waals surface area contributed by atoms with E-state index in [9.17, 15) is 13.2 Å². The molecule has 0 radical (unpaired) electrons. The standard InChI is InChI=1S/C31H32N2O4S3/c1-4-37-24-11-17-29(30(19-24)40(35,36)27-14-12-25(38-3)13-15-27)32-20-31(34)33-28-16-10-23(18-22(28)2)21-39-26-8-6-5-7-9-26/h5-19,32H,4,20-21H2,1-3H3,(H,33,34). The average molecular weight is 593 g/mol. The zero-order chi connectivity index (χ0) is 28.5. The fourth-order valence-electron chi connectivity index (χ4n) is 4.02. The quantitative estimate of drug-likeness (QED) is 0.167. The smallest absolute Gasteiger partial charge is 0.243 e. The second-order valence-electron chi connectivity index (χ2n) is 8.92. The number of benzene rings is 4. The lowest BCUT2D eigenvalue weighted by atomic mass is 10.1. The van der Waals surface area contributed by atoms with E-state index >= 15 is 0 Å². The summed E-state index contributed by atoms with van der Waals surface area (Å²) in [6.07, 6.45) is 1.93. The lowest BCUT2D eigenvalue weighted by molar-refractivity contribution is -0.114. The summed E-state index contributed by atoms with van der Waals surface area (Å²) in [6.45, 7) is 4.09. The number of anilines is 2. The molecule has 1 amide bonds. The van der Waals surface area contributed by atoms with Gasteiger partial charge in [-0.1, -0.05) is 30.3 Å². The SMILES string of the molecule is CCOc1ccc(NCC(=O)Nc2ccc(CSc3ccccc3)cc2C)c(S(=O)(=O)c2ccc(SC)cc2)c1. The van der Waals surface area contributed by atoms with E-state index in [0.29, 0.717) is 23.7 Å². The Morgan fingerprint density at radius 3 is 2.27 bits per heavy atom. The maximum absolute atomic E-state index is 13.6. The van der Waals surface area contributed by atoms with Gasteiger partial charge in [-0.15, -0.1) is 23.5 Å². The Bertz CT molecular complexity index is 1560. The van der Waals surface area contributed by atoms with Gasteiger partial charge in [0.05, 0.1) is 28.6 Å². The molecule has 0 saturated heterocycles. The first-order valence-electron chi connectivity index (χ1n) is 12.8. The average Bonchev–Trinajstić information content (AvgIpc) is 2.97. The predicted molar refractivity (Wildman–Crippen MR) is 166 cm³/mol. The second kappa shape index (κ2) is 13.8. The normalized spacial score (nSPS) is 11.2. The Morgan fingerprint density at radius 2 is 1.60 bits per heavy atom. The van der Waals surface area contributed by atoms with Crippen molar-refractivity contribution in [3.05, 3.63) is 102 Å². The van der Waals surface area contributed by atoms with Crippen molar-refractivity contribution >= 4 is 50.6 Å². The second-order valence-corrected chi connectivity index (χ2v) is 12.8. The van der Waals surface area contributed by atoms with Gasteiger partial charge in [0.15, 0.2) is 0 Å². The van der Waals surface area contributed by atoms with Crippen LogP contribution in [0.4, 0.5) is 11.4 Å². The zero-order valence-corrected chi connectivity index (χ0v) is 25.1. The molecule has 0 bridgehead atoms. The number of carbonyl (C=O) groups is 1. The van der Waals surface area contributed by atoms with Gasteiger partial charge in [-0.05, 0) is 85.8 Å². The van der Waals surface area contributed by atoms with Crippen LogP contribution < -0.4 is 15.4 Å². The first kappa shape index (κ1) is 29.6. The van der Waals surface area contributed by atoms with Crippen molar-refractivity contribution in [2.45, 2.75) is 39.2 Å². The highest BCUT2D eigenvalue weighted by Crippen LogP contribution is 2.32. The summed E-state index contributed by atoms with van der Waals surface area (Å²) < 4.78 is 32.7. The Kier molecular flexibility index (Phi) is 10.2. The predicted octanol–water partition coefficient (Wildman–Crippen LogP) is 7.29. The minimum atomic E-state index is -3.86. The fourth-order valence-corrected chi connectivity index (χ4v) is 6.74. The summed E-state index contributed by atoms with van der Waals surface area (Å²) in [5.74, 6) is 0.990. The van der Waals surface area contributed by atoms with Crippen molar-refractivity contribution in [1.29, 1.82) is 0 Å². The lowest BCUT2D eigenvalue weighted by Crippen LogP contribution is -2.23. The molecule has 4 aromatic rings. The molecule has 0 aromatic heterocycles. The van der Waals surface area contributed by atoms with Crippen LogP contribution in [0.25, 0.3) is 0 Å². The molecule has 0 aliphatic rings. The van der Waals surface area contributed by atoms with Gasteiger partial charge in [0.25, 0.3) is 0 Å².